The van der Waals surface area contributed by atoms with Crippen LogP contribution in [0.3, 0.4) is 0 Å². The van der Waals surface area contributed by atoms with Gasteiger partial charge in [-0.3, -0.25) is 0 Å². The van der Waals surface area contributed by atoms with Gasteiger partial charge < -0.3 is 20.5 Å². The highest BCUT2D eigenvalue weighted by atomic mass is 16.5. The summed E-state index contributed by atoms with van der Waals surface area (Å²) in [5.41, 5.74) is 5.72. The van der Waals surface area contributed by atoms with Crippen molar-refractivity contribution in [2.75, 3.05) is 30.3 Å². The highest BCUT2D eigenvalue weighted by Gasteiger charge is 2.42. The Bertz CT molecular complexity index is 484. The standard InChI is InChI=1S/C13H21N5O2/c1-2-5-20-13-16-11(14)15-12(17-13)18-6-8-3-4-10(19)9(8)7-18/h8-10,19H,2-7H2,1H3,(H2,14,15,16,17). The number of aromatic nitrogens is 3. The number of rotatable bonds is 4. The Balaban J connectivity index is 1.75. The van der Waals surface area contributed by atoms with Crippen LogP contribution in [0.1, 0.15) is 26.2 Å². The molecule has 2 aliphatic rings. The van der Waals surface area contributed by atoms with Gasteiger partial charge >= 0.3 is 6.01 Å². The van der Waals surface area contributed by atoms with Crippen LogP contribution in [0.25, 0.3) is 0 Å². The van der Waals surface area contributed by atoms with E-state index in [1.54, 1.807) is 0 Å². The van der Waals surface area contributed by atoms with E-state index in [0.29, 0.717) is 24.4 Å². The monoisotopic (exact) mass is 279 g/mol. The number of hydrogen-bond acceptors (Lipinski definition) is 7. The van der Waals surface area contributed by atoms with Crippen molar-refractivity contribution in [1.29, 1.82) is 0 Å². The maximum Gasteiger partial charge on any atom is 0.323 e. The van der Waals surface area contributed by atoms with Crippen LogP contribution in [0.5, 0.6) is 6.01 Å². The van der Waals surface area contributed by atoms with Crippen LogP contribution in [0.15, 0.2) is 0 Å². The SMILES string of the molecule is CCCOc1nc(N)nc(N2CC3CCC(O)C3C2)n1. The van der Waals surface area contributed by atoms with Crippen LogP contribution in [-0.4, -0.2) is 45.9 Å². The first-order valence-electron chi connectivity index (χ1n) is 7.24. The quantitative estimate of drug-likeness (QED) is 0.825. The third kappa shape index (κ3) is 2.49. The number of aliphatic hydroxyl groups is 1. The lowest BCUT2D eigenvalue weighted by molar-refractivity contribution is 0.133. The number of anilines is 2. The van der Waals surface area contributed by atoms with Gasteiger partial charge in [-0.05, 0) is 25.2 Å². The van der Waals surface area contributed by atoms with E-state index in [9.17, 15) is 5.11 Å². The summed E-state index contributed by atoms with van der Waals surface area (Å²) in [5, 5.41) is 9.96. The average Bonchev–Trinajstić information content (AvgIpc) is 2.99. The van der Waals surface area contributed by atoms with Gasteiger partial charge in [0.25, 0.3) is 0 Å². The lowest BCUT2D eigenvalue weighted by atomic mass is 10.00. The van der Waals surface area contributed by atoms with E-state index in [1.807, 2.05) is 6.92 Å². The second kappa shape index (κ2) is 5.40. The molecule has 1 aromatic heterocycles. The topological polar surface area (TPSA) is 97.4 Å². The molecule has 20 heavy (non-hydrogen) atoms. The molecule has 0 bridgehead atoms. The summed E-state index contributed by atoms with van der Waals surface area (Å²) in [7, 11) is 0. The molecule has 3 unspecified atom stereocenters. The first kappa shape index (κ1) is 13.4. The highest BCUT2D eigenvalue weighted by molar-refractivity contribution is 5.38. The summed E-state index contributed by atoms with van der Waals surface area (Å²) in [5.74, 6) is 1.60. The molecule has 1 aliphatic carbocycles. The smallest absolute Gasteiger partial charge is 0.323 e. The fraction of sp³-hybridized carbons (Fsp3) is 0.769. The Morgan fingerprint density at radius 3 is 2.90 bits per heavy atom. The van der Waals surface area contributed by atoms with Crippen molar-refractivity contribution in [1.82, 2.24) is 15.0 Å². The molecule has 1 aromatic rings. The summed E-state index contributed by atoms with van der Waals surface area (Å²) >= 11 is 0. The van der Waals surface area contributed by atoms with Crippen molar-refractivity contribution >= 4 is 11.9 Å². The second-order valence-electron chi connectivity index (χ2n) is 5.60. The Morgan fingerprint density at radius 2 is 2.15 bits per heavy atom. The summed E-state index contributed by atoms with van der Waals surface area (Å²) in [6, 6.07) is 0.284. The maximum atomic E-state index is 9.96. The number of fused-ring (bicyclic) bond motifs is 1. The molecule has 0 spiro atoms. The van der Waals surface area contributed by atoms with Gasteiger partial charge in [-0.1, -0.05) is 6.92 Å². The number of nitrogens with zero attached hydrogens (tertiary/aromatic N) is 4. The largest absolute Gasteiger partial charge is 0.463 e. The summed E-state index contributed by atoms with van der Waals surface area (Å²) in [4.78, 5) is 14.6. The lowest BCUT2D eigenvalue weighted by Gasteiger charge is -2.18. The molecule has 7 nitrogen and oxygen atoms in total. The van der Waals surface area contributed by atoms with Crippen LogP contribution in [0.2, 0.25) is 0 Å². The molecule has 0 radical (unpaired) electrons. The minimum atomic E-state index is -0.194. The number of hydrogen-bond donors (Lipinski definition) is 2. The zero-order valence-electron chi connectivity index (χ0n) is 11.7. The number of aliphatic hydroxyl groups excluding tert-OH is 1. The first-order valence-corrected chi connectivity index (χ1v) is 7.24. The Kier molecular flexibility index (Phi) is 3.60. The van der Waals surface area contributed by atoms with Crippen molar-refractivity contribution in [3.05, 3.63) is 0 Å². The fourth-order valence-corrected chi connectivity index (χ4v) is 3.16. The van der Waals surface area contributed by atoms with Gasteiger partial charge in [0.2, 0.25) is 11.9 Å². The third-order valence-corrected chi connectivity index (χ3v) is 4.16. The fourth-order valence-electron chi connectivity index (χ4n) is 3.16. The Labute approximate surface area is 118 Å². The van der Waals surface area contributed by atoms with Crippen LogP contribution in [0.4, 0.5) is 11.9 Å². The van der Waals surface area contributed by atoms with E-state index in [1.165, 1.54) is 0 Å². The van der Waals surface area contributed by atoms with E-state index < -0.39 is 0 Å². The van der Waals surface area contributed by atoms with Gasteiger partial charge in [-0.25, -0.2) is 0 Å². The van der Waals surface area contributed by atoms with Crippen molar-refractivity contribution in [2.45, 2.75) is 32.3 Å². The van der Waals surface area contributed by atoms with Crippen molar-refractivity contribution in [3.8, 4) is 6.01 Å². The summed E-state index contributed by atoms with van der Waals surface area (Å²) < 4.78 is 5.43. The predicted molar refractivity (Wildman–Crippen MR) is 74.5 cm³/mol. The van der Waals surface area contributed by atoms with E-state index in [2.05, 4.69) is 19.9 Å². The first-order chi connectivity index (χ1) is 9.67. The maximum absolute atomic E-state index is 9.96. The number of nitrogens with two attached hydrogens (primary N) is 1. The van der Waals surface area contributed by atoms with Crippen LogP contribution >= 0.6 is 0 Å². The molecule has 0 amide bonds. The van der Waals surface area contributed by atoms with E-state index in [0.717, 1.165) is 32.4 Å². The highest BCUT2D eigenvalue weighted by Crippen LogP contribution is 2.39. The summed E-state index contributed by atoms with van der Waals surface area (Å²) in [6.45, 7) is 4.24. The zero-order valence-corrected chi connectivity index (χ0v) is 11.7. The number of ether oxygens (including phenoxy) is 1. The average molecular weight is 279 g/mol. The van der Waals surface area contributed by atoms with Gasteiger partial charge in [0, 0.05) is 19.0 Å². The minimum absolute atomic E-state index is 0.179. The van der Waals surface area contributed by atoms with Crippen LogP contribution in [-0.2, 0) is 0 Å². The predicted octanol–water partition coefficient (Wildman–Crippen LogP) is 0.450. The molecule has 1 saturated heterocycles. The van der Waals surface area contributed by atoms with Gasteiger partial charge in [0.05, 0.1) is 12.7 Å². The third-order valence-electron chi connectivity index (χ3n) is 4.16. The Hall–Kier alpha value is -1.63. The van der Waals surface area contributed by atoms with Gasteiger partial charge in [-0.15, -0.1) is 0 Å². The van der Waals surface area contributed by atoms with Gasteiger partial charge in [-0.2, -0.15) is 15.0 Å². The van der Waals surface area contributed by atoms with E-state index in [-0.39, 0.29) is 18.1 Å². The summed E-state index contributed by atoms with van der Waals surface area (Å²) in [6.07, 6.45) is 2.68. The molecule has 1 saturated carbocycles. The minimum Gasteiger partial charge on any atom is -0.463 e. The van der Waals surface area contributed by atoms with E-state index >= 15 is 0 Å². The van der Waals surface area contributed by atoms with Gasteiger partial charge in [0.15, 0.2) is 0 Å². The molecule has 1 aliphatic heterocycles. The molecular weight excluding hydrogens is 258 g/mol. The molecule has 2 heterocycles. The molecule has 110 valence electrons. The molecule has 2 fully saturated rings. The molecule has 7 heteroatoms. The normalized spacial score (nSPS) is 28.7. The number of nitrogen functional groups attached to an aromatic ring is 1. The lowest BCUT2D eigenvalue weighted by Crippen LogP contribution is -2.26. The van der Waals surface area contributed by atoms with E-state index in [4.69, 9.17) is 10.5 Å². The van der Waals surface area contributed by atoms with Crippen LogP contribution in [0, 0.1) is 11.8 Å². The second-order valence-corrected chi connectivity index (χ2v) is 5.60. The molecule has 3 N–H and O–H groups in total. The molecule has 3 rings (SSSR count). The van der Waals surface area contributed by atoms with Crippen molar-refractivity contribution < 1.29 is 9.84 Å². The molecular formula is C13H21N5O2. The Morgan fingerprint density at radius 1 is 1.30 bits per heavy atom. The molecule has 3 atom stereocenters. The van der Waals surface area contributed by atoms with Crippen molar-refractivity contribution in [2.24, 2.45) is 11.8 Å². The molecule has 0 aromatic carbocycles. The zero-order chi connectivity index (χ0) is 14.1. The van der Waals surface area contributed by atoms with Crippen molar-refractivity contribution in [3.63, 3.8) is 0 Å². The van der Waals surface area contributed by atoms with Crippen LogP contribution < -0.4 is 15.4 Å². The van der Waals surface area contributed by atoms with Gasteiger partial charge in [0.1, 0.15) is 0 Å².